The molecule has 5 nitrogen and oxygen atoms in total. The molecule has 0 unspecified atom stereocenters. The van der Waals surface area contributed by atoms with Gasteiger partial charge in [-0.15, -0.1) is 0 Å². The van der Waals surface area contributed by atoms with Gasteiger partial charge in [0.25, 0.3) is 0 Å². The Bertz CT molecular complexity index is 214. The van der Waals surface area contributed by atoms with E-state index in [1.807, 2.05) is 0 Å². The summed E-state index contributed by atoms with van der Waals surface area (Å²) in [5.74, 6) is -0.653. The molecule has 0 aliphatic carbocycles. The van der Waals surface area contributed by atoms with E-state index in [0.717, 1.165) is 12.8 Å². The number of hydrogen-bond donors (Lipinski definition) is 4. The lowest BCUT2D eigenvalue weighted by atomic mass is 10.0. The molecule has 0 saturated carbocycles. The van der Waals surface area contributed by atoms with Gasteiger partial charge < -0.3 is 23.6 Å². The minimum absolute atomic E-state index is 0. The molecule has 23 heavy (non-hydrogen) atoms. The van der Waals surface area contributed by atoms with Gasteiger partial charge in [-0.1, -0.05) is 96.8 Å². The first-order chi connectivity index (χ1) is 9.77. The topological polar surface area (TPSA) is 142 Å². The Morgan fingerprint density at radius 3 is 1.09 bits per heavy atom. The van der Waals surface area contributed by atoms with Crippen molar-refractivity contribution in [3.8, 4) is 0 Å². The fourth-order valence-electron chi connectivity index (χ4n) is 2.65. The molecule has 0 aliphatic heterocycles. The summed E-state index contributed by atoms with van der Waals surface area (Å²) in [5.41, 5.74) is 0. The van der Waals surface area contributed by atoms with Crippen molar-refractivity contribution >= 4 is 5.97 Å². The van der Waals surface area contributed by atoms with Crippen molar-refractivity contribution in [1.29, 1.82) is 0 Å². The average molecular weight is 336 g/mol. The highest BCUT2D eigenvalue weighted by Gasteiger charge is 1.97. The van der Waals surface area contributed by atoms with E-state index in [4.69, 9.17) is 5.11 Å². The third kappa shape index (κ3) is 29.9. The van der Waals surface area contributed by atoms with Crippen LogP contribution >= 0.6 is 0 Å². The highest BCUT2D eigenvalue weighted by Crippen LogP contribution is 2.13. The molecule has 0 aromatic carbocycles. The van der Waals surface area contributed by atoms with Crippen LogP contribution in [-0.2, 0) is 4.79 Å². The van der Waals surface area contributed by atoms with E-state index in [-0.39, 0.29) is 18.5 Å². The number of carboxylic acid groups (broad SMARTS) is 1. The van der Waals surface area contributed by atoms with E-state index >= 15 is 0 Å². The summed E-state index contributed by atoms with van der Waals surface area (Å²) >= 11 is 0. The molecule has 144 valence electrons. The third-order valence-electron chi connectivity index (χ3n) is 3.99. The smallest absolute Gasteiger partial charge is 0.303 e. The Morgan fingerprint density at radius 2 is 0.826 bits per heavy atom. The summed E-state index contributed by atoms with van der Waals surface area (Å²) in [6.45, 7) is 2.27. The van der Waals surface area contributed by atoms with Gasteiger partial charge in [0, 0.05) is 6.42 Å². The molecule has 0 aliphatic rings. The van der Waals surface area contributed by atoms with Crippen LogP contribution in [-0.4, -0.2) is 11.1 Å². The monoisotopic (exact) mass is 335 g/mol. The van der Waals surface area contributed by atoms with Gasteiger partial charge in [0.2, 0.25) is 0 Å². The molecule has 10 N–H and O–H groups in total. The molecule has 0 radical (unpaired) electrons. The van der Waals surface area contributed by atoms with Crippen molar-refractivity contribution in [2.45, 2.75) is 110 Å². The highest BCUT2D eigenvalue weighted by atomic mass is 16.4. The number of unbranched alkanes of at least 4 members (excludes halogenated alkanes) is 14. The standard InChI is InChI=1S/C18H36O2.3H3N/c1-2-3-4-5-6-7-8-9-10-11-12-13-14-15-16-17-18(19)20;;;/h2-17H2,1H3,(H,19,20);3*1H3. The van der Waals surface area contributed by atoms with Crippen molar-refractivity contribution < 1.29 is 9.90 Å². The van der Waals surface area contributed by atoms with E-state index < -0.39 is 5.97 Å². The van der Waals surface area contributed by atoms with Crippen LogP contribution in [0.5, 0.6) is 0 Å². The molecule has 0 atom stereocenters. The summed E-state index contributed by atoms with van der Waals surface area (Å²) in [6, 6.07) is 0. The zero-order chi connectivity index (χ0) is 14.9. The molecule has 0 heterocycles. The van der Waals surface area contributed by atoms with E-state index in [2.05, 4.69) is 6.92 Å². The fourth-order valence-corrected chi connectivity index (χ4v) is 2.65. The second-order valence-corrected chi connectivity index (χ2v) is 6.09. The lowest BCUT2D eigenvalue weighted by Gasteiger charge is -2.03. The maximum Gasteiger partial charge on any atom is 0.303 e. The molecule has 0 aromatic rings. The molecule has 0 bridgehead atoms. The zero-order valence-electron chi connectivity index (χ0n) is 15.8. The van der Waals surface area contributed by atoms with E-state index in [1.54, 1.807) is 0 Å². The van der Waals surface area contributed by atoms with Crippen molar-refractivity contribution in [2.75, 3.05) is 0 Å². The minimum atomic E-state index is -0.653. The van der Waals surface area contributed by atoms with E-state index in [0.29, 0.717) is 6.42 Å². The summed E-state index contributed by atoms with van der Waals surface area (Å²) in [7, 11) is 0. The number of hydrogen-bond acceptors (Lipinski definition) is 4. The van der Waals surface area contributed by atoms with E-state index in [9.17, 15) is 4.79 Å². The Kier molecular flexibility index (Phi) is 34.5. The van der Waals surface area contributed by atoms with Gasteiger partial charge in [0.05, 0.1) is 0 Å². The van der Waals surface area contributed by atoms with Crippen LogP contribution in [0.3, 0.4) is 0 Å². The first kappa shape index (κ1) is 30.3. The first-order valence-electron chi connectivity index (χ1n) is 8.99. The molecule has 0 saturated heterocycles. The number of rotatable bonds is 16. The lowest BCUT2D eigenvalue weighted by molar-refractivity contribution is -0.137. The van der Waals surface area contributed by atoms with Gasteiger partial charge in [-0.05, 0) is 6.42 Å². The summed E-state index contributed by atoms with van der Waals surface area (Å²) in [6.07, 6.45) is 20.2. The minimum Gasteiger partial charge on any atom is -0.481 e. The normalized spacial score (nSPS) is 9.43. The van der Waals surface area contributed by atoms with Crippen molar-refractivity contribution in [3.63, 3.8) is 0 Å². The molecular formula is C18H45N3O2. The highest BCUT2D eigenvalue weighted by molar-refractivity contribution is 5.66. The molecule has 0 fully saturated rings. The molecule has 0 amide bonds. The Morgan fingerprint density at radius 1 is 0.565 bits per heavy atom. The maximum absolute atomic E-state index is 10.3. The van der Waals surface area contributed by atoms with Crippen LogP contribution in [0.15, 0.2) is 0 Å². The third-order valence-corrected chi connectivity index (χ3v) is 3.99. The van der Waals surface area contributed by atoms with Gasteiger partial charge in [-0.2, -0.15) is 0 Å². The average Bonchev–Trinajstić information content (AvgIpc) is 2.43. The predicted molar refractivity (Wildman–Crippen MR) is 102 cm³/mol. The molecule has 5 heteroatoms. The number of carbonyl (C=O) groups is 1. The van der Waals surface area contributed by atoms with Crippen LogP contribution in [0, 0.1) is 0 Å². The van der Waals surface area contributed by atoms with Gasteiger partial charge in [-0.3, -0.25) is 4.79 Å². The molecule has 0 aromatic heterocycles. The van der Waals surface area contributed by atoms with Crippen LogP contribution < -0.4 is 18.5 Å². The van der Waals surface area contributed by atoms with Crippen molar-refractivity contribution in [1.82, 2.24) is 18.5 Å². The van der Waals surface area contributed by atoms with Crippen molar-refractivity contribution in [2.24, 2.45) is 0 Å². The maximum atomic E-state index is 10.3. The quantitative estimate of drug-likeness (QED) is 0.229. The Balaban J connectivity index is -0.000000602. The van der Waals surface area contributed by atoms with Gasteiger partial charge >= 0.3 is 5.97 Å². The van der Waals surface area contributed by atoms with Crippen LogP contribution in [0.2, 0.25) is 0 Å². The lowest BCUT2D eigenvalue weighted by Crippen LogP contribution is -1.93. The molecule has 0 spiro atoms. The van der Waals surface area contributed by atoms with Crippen molar-refractivity contribution in [3.05, 3.63) is 0 Å². The Hall–Kier alpha value is -0.650. The predicted octanol–water partition coefficient (Wildman–Crippen LogP) is 6.82. The zero-order valence-corrected chi connectivity index (χ0v) is 15.8. The number of carboxylic acids is 1. The van der Waals surface area contributed by atoms with Crippen LogP contribution in [0.4, 0.5) is 0 Å². The largest absolute Gasteiger partial charge is 0.481 e. The fraction of sp³-hybridized carbons (Fsp3) is 0.944. The molecule has 0 rings (SSSR count). The first-order valence-corrected chi connectivity index (χ1v) is 8.99. The summed E-state index contributed by atoms with van der Waals surface area (Å²) in [4.78, 5) is 10.3. The SMILES string of the molecule is CCCCCCCCCCCCCCCCCC(=O)O.N.N.N. The summed E-state index contributed by atoms with van der Waals surface area (Å²) < 4.78 is 0. The second-order valence-electron chi connectivity index (χ2n) is 6.09. The Labute approximate surface area is 144 Å². The number of aliphatic carboxylic acids is 1. The van der Waals surface area contributed by atoms with Gasteiger partial charge in [0.15, 0.2) is 0 Å². The van der Waals surface area contributed by atoms with E-state index in [1.165, 1.54) is 83.5 Å². The van der Waals surface area contributed by atoms with Crippen LogP contribution in [0.25, 0.3) is 0 Å². The van der Waals surface area contributed by atoms with Gasteiger partial charge in [-0.25, -0.2) is 0 Å². The molecular weight excluding hydrogens is 290 g/mol. The second kappa shape index (κ2) is 26.3. The van der Waals surface area contributed by atoms with Crippen LogP contribution in [0.1, 0.15) is 110 Å². The summed E-state index contributed by atoms with van der Waals surface area (Å²) in [5, 5.41) is 8.52. The van der Waals surface area contributed by atoms with Gasteiger partial charge in [0.1, 0.15) is 0 Å².